The number of benzene rings is 2. The Kier molecular flexibility index (Phi) is 8.33. The number of fused-ring (bicyclic) bond motifs is 1. The van der Waals surface area contributed by atoms with E-state index in [0.29, 0.717) is 27.7 Å². The van der Waals surface area contributed by atoms with Crippen LogP contribution in [0.5, 0.6) is 0 Å². The van der Waals surface area contributed by atoms with Gasteiger partial charge in [0.2, 0.25) is 10.0 Å². The number of aromatic carboxylic acids is 1. The van der Waals surface area contributed by atoms with Crippen LogP contribution in [0.2, 0.25) is 0 Å². The van der Waals surface area contributed by atoms with Crippen LogP contribution < -0.4 is 5.32 Å². The quantitative estimate of drug-likeness (QED) is 0.414. The maximum absolute atomic E-state index is 15.0. The molecule has 0 aliphatic carbocycles. The number of allylic oxidation sites excluding steroid dienone is 1. The second kappa shape index (κ2) is 11.0. The van der Waals surface area contributed by atoms with Crippen LogP contribution in [0.25, 0.3) is 22.0 Å². The summed E-state index contributed by atoms with van der Waals surface area (Å²) in [6, 6.07) is 10.9. The van der Waals surface area contributed by atoms with Crippen molar-refractivity contribution in [2.24, 2.45) is 0 Å². The van der Waals surface area contributed by atoms with Gasteiger partial charge in [-0.15, -0.1) is 0 Å². The van der Waals surface area contributed by atoms with Gasteiger partial charge in [0.1, 0.15) is 11.4 Å². The second-order valence-electron chi connectivity index (χ2n) is 9.93. The van der Waals surface area contributed by atoms with Crippen molar-refractivity contribution in [2.45, 2.75) is 44.7 Å². The van der Waals surface area contributed by atoms with Crippen LogP contribution in [-0.2, 0) is 21.3 Å². The minimum atomic E-state index is -3.76. The smallest absolute Gasteiger partial charge is 0.407 e. The Labute approximate surface area is 221 Å². The second-order valence-corrected chi connectivity index (χ2v) is 12.1. The standard InChI is InChI=1S/C27H32FN3O6S/c1-17-24(18-8-7-9-19(14-18)25(32)33)22-15-21(38(35,36)30(5)6)10-11-23(22)31(17)16-20(28)12-13-29-26(34)37-27(2,3)4/h7-12,14-15H,13,16H2,1-6H3,(H,29,34)(H,32,33). The maximum atomic E-state index is 15.0. The van der Waals surface area contributed by atoms with E-state index in [9.17, 15) is 23.1 Å². The molecule has 11 heteroatoms. The van der Waals surface area contributed by atoms with Crippen LogP contribution in [0.15, 0.2) is 59.3 Å². The monoisotopic (exact) mass is 545 g/mol. The number of aromatic nitrogens is 1. The van der Waals surface area contributed by atoms with Crippen molar-refractivity contribution in [3.05, 3.63) is 65.6 Å². The van der Waals surface area contributed by atoms with E-state index in [1.54, 1.807) is 50.5 Å². The molecule has 9 nitrogen and oxygen atoms in total. The minimum absolute atomic E-state index is 0.0559. The number of sulfonamides is 1. The highest BCUT2D eigenvalue weighted by atomic mass is 32.2. The van der Waals surface area contributed by atoms with E-state index < -0.39 is 33.5 Å². The first-order valence-corrected chi connectivity index (χ1v) is 13.3. The molecule has 0 saturated heterocycles. The summed E-state index contributed by atoms with van der Waals surface area (Å²) in [6.45, 7) is 6.66. The van der Waals surface area contributed by atoms with Crippen LogP contribution >= 0.6 is 0 Å². The molecule has 0 atom stereocenters. The van der Waals surface area contributed by atoms with Crippen LogP contribution in [0.3, 0.4) is 0 Å². The number of carboxylic acid groups (broad SMARTS) is 1. The molecule has 0 bridgehead atoms. The molecular weight excluding hydrogens is 513 g/mol. The summed E-state index contributed by atoms with van der Waals surface area (Å²) >= 11 is 0. The zero-order valence-corrected chi connectivity index (χ0v) is 23.0. The summed E-state index contributed by atoms with van der Waals surface area (Å²) in [5.74, 6) is -1.63. The van der Waals surface area contributed by atoms with Gasteiger partial charge in [-0.3, -0.25) is 0 Å². The molecule has 3 rings (SSSR count). The van der Waals surface area contributed by atoms with Crippen LogP contribution in [0.4, 0.5) is 9.18 Å². The van der Waals surface area contributed by atoms with E-state index >= 15 is 4.39 Å². The van der Waals surface area contributed by atoms with E-state index in [-0.39, 0.29) is 23.5 Å². The molecule has 0 spiro atoms. The molecule has 0 aliphatic heterocycles. The van der Waals surface area contributed by atoms with Gasteiger partial charge >= 0.3 is 12.1 Å². The van der Waals surface area contributed by atoms with Gasteiger partial charge < -0.3 is 19.7 Å². The summed E-state index contributed by atoms with van der Waals surface area (Å²) in [5, 5.41) is 12.5. The molecule has 1 amide bonds. The van der Waals surface area contributed by atoms with E-state index in [1.165, 1.54) is 44.4 Å². The first-order valence-electron chi connectivity index (χ1n) is 11.8. The number of amides is 1. The highest BCUT2D eigenvalue weighted by Crippen LogP contribution is 2.37. The van der Waals surface area contributed by atoms with Gasteiger partial charge in [-0.2, -0.15) is 0 Å². The highest BCUT2D eigenvalue weighted by molar-refractivity contribution is 7.89. The van der Waals surface area contributed by atoms with Gasteiger partial charge in [-0.05, 0) is 69.7 Å². The average Bonchev–Trinajstić information content (AvgIpc) is 3.08. The largest absolute Gasteiger partial charge is 0.478 e. The predicted molar refractivity (Wildman–Crippen MR) is 143 cm³/mol. The SMILES string of the molecule is Cc1c(-c2cccc(C(=O)O)c2)c2cc(S(=O)(=O)N(C)C)ccc2n1CC(F)=CCNC(=O)OC(C)(C)C. The molecular formula is C27H32FN3O6S. The lowest BCUT2D eigenvalue weighted by atomic mass is 10.0. The Hall–Kier alpha value is -3.70. The number of halogens is 1. The van der Waals surface area contributed by atoms with Crippen molar-refractivity contribution < 1.29 is 32.2 Å². The fourth-order valence-electron chi connectivity index (χ4n) is 3.98. The zero-order valence-electron chi connectivity index (χ0n) is 22.2. The number of rotatable bonds is 8. The number of hydrogen-bond donors (Lipinski definition) is 2. The van der Waals surface area contributed by atoms with Crippen LogP contribution in [0.1, 0.15) is 36.8 Å². The lowest BCUT2D eigenvalue weighted by Crippen LogP contribution is -2.32. The summed E-state index contributed by atoms with van der Waals surface area (Å²) in [5.41, 5.74) is 1.73. The van der Waals surface area contributed by atoms with Gasteiger partial charge in [0.15, 0.2) is 0 Å². The molecule has 0 radical (unpaired) electrons. The number of nitrogens with zero attached hydrogens (tertiary/aromatic N) is 2. The predicted octanol–water partition coefficient (Wildman–Crippen LogP) is 4.94. The number of carbonyl (C=O) groups excluding carboxylic acids is 1. The van der Waals surface area contributed by atoms with Crippen molar-refractivity contribution in [3.8, 4) is 11.1 Å². The average molecular weight is 546 g/mol. The minimum Gasteiger partial charge on any atom is -0.478 e. The Morgan fingerprint density at radius 3 is 2.45 bits per heavy atom. The van der Waals surface area contributed by atoms with Crippen molar-refractivity contribution in [3.63, 3.8) is 0 Å². The molecule has 0 aliphatic rings. The summed E-state index contributed by atoms with van der Waals surface area (Å²) < 4.78 is 48.6. The Balaban J connectivity index is 2.08. The molecule has 204 valence electrons. The van der Waals surface area contributed by atoms with Gasteiger partial charge in [0.05, 0.1) is 17.0 Å². The van der Waals surface area contributed by atoms with Gasteiger partial charge in [-0.25, -0.2) is 26.7 Å². The molecule has 3 aromatic rings. The van der Waals surface area contributed by atoms with Gasteiger partial charge in [-0.1, -0.05) is 12.1 Å². The normalized spacial score (nSPS) is 12.7. The molecule has 1 heterocycles. The molecule has 2 aromatic carbocycles. The molecule has 2 N–H and O–H groups in total. The topological polar surface area (TPSA) is 118 Å². The first-order chi connectivity index (χ1) is 17.6. The lowest BCUT2D eigenvalue weighted by molar-refractivity contribution is 0.0533. The third-order valence-corrected chi connectivity index (χ3v) is 7.56. The first kappa shape index (κ1) is 28.9. The van der Waals surface area contributed by atoms with Crippen molar-refractivity contribution >= 4 is 33.0 Å². The van der Waals surface area contributed by atoms with E-state index in [4.69, 9.17) is 4.74 Å². The van der Waals surface area contributed by atoms with E-state index in [2.05, 4.69) is 5.32 Å². The van der Waals surface area contributed by atoms with Crippen LogP contribution in [-0.4, -0.2) is 60.7 Å². The van der Waals surface area contributed by atoms with Gasteiger partial charge in [0.25, 0.3) is 0 Å². The number of ether oxygens (including phenoxy) is 1. The van der Waals surface area contributed by atoms with Crippen molar-refractivity contribution in [2.75, 3.05) is 20.6 Å². The summed E-state index contributed by atoms with van der Waals surface area (Å²) in [6.07, 6.45) is 0.560. The third-order valence-electron chi connectivity index (χ3n) is 5.75. The lowest BCUT2D eigenvalue weighted by Gasteiger charge is -2.19. The molecule has 1 aromatic heterocycles. The van der Waals surface area contributed by atoms with Crippen molar-refractivity contribution in [1.82, 2.24) is 14.2 Å². The van der Waals surface area contributed by atoms with Gasteiger partial charge in [0, 0.05) is 42.8 Å². The number of alkyl carbamates (subject to hydrolysis) is 1. The summed E-state index contributed by atoms with van der Waals surface area (Å²) in [4.78, 5) is 23.5. The molecule has 0 fully saturated rings. The number of hydrogen-bond acceptors (Lipinski definition) is 5. The van der Waals surface area contributed by atoms with Crippen molar-refractivity contribution in [1.29, 1.82) is 0 Å². The Morgan fingerprint density at radius 1 is 1.16 bits per heavy atom. The number of carbonyl (C=O) groups is 2. The Morgan fingerprint density at radius 2 is 1.84 bits per heavy atom. The fourth-order valence-corrected chi connectivity index (χ4v) is 4.91. The molecule has 0 saturated carbocycles. The molecule has 38 heavy (non-hydrogen) atoms. The fraction of sp³-hybridized carbons (Fsp3) is 0.333. The third kappa shape index (κ3) is 6.40. The highest BCUT2D eigenvalue weighted by Gasteiger charge is 2.23. The van der Waals surface area contributed by atoms with E-state index in [0.717, 1.165) is 4.31 Å². The van der Waals surface area contributed by atoms with E-state index in [1.807, 2.05) is 0 Å². The molecule has 0 unspecified atom stereocenters. The maximum Gasteiger partial charge on any atom is 0.407 e. The number of carboxylic acids is 1. The Bertz CT molecular complexity index is 1520. The van der Waals surface area contributed by atoms with Crippen LogP contribution in [0, 0.1) is 6.92 Å². The zero-order chi connectivity index (χ0) is 28.4. The summed E-state index contributed by atoms with van der Waals surface area (Å²) in [7, 11) is -0.898. The number of nitrogens with one attached hydrogen (secondary N) is 1.